The molecule has 0 spiro atoms. The maximum Gasteiger partial charge on any atom is 0.227 e. The van der Waals surface area contributed by atoms with Gasteiger partial charge in [-0.1, -0.05) is 66.9 Å². The highest BCUT2D eigenvalue weighted by molar-refractivity contribution is 9.09. The number of hydrogen-bond donors (Lipinski definition) is 1. The van der Waals surface area contributed by atoms with E-state index in [1.807, 2.05) is 6.07 Å². The van der Waals surface area contributed by atoms with Crippen LogP contribution in [0.15, 0.2) is 24.3 Å². The maximum atomic E-state index is 12.5. The summed E-state index contributed by atoms with van der Waals surface area (Å²) in [4.78, 5) is 12.9. The van der Waals surface area contributed by atoms with Crippen LogP contribution < -0.4 is 5.32 Å². The van der Waals surface area contributed by atoms with Gasteiger partial charge < -0.3 is 5.32 Å². The Hall–Kier alpha value is -0.830. The van der Waals surface area contributed by atoms with Gasteiger partial charge in [0.15, 0.2) is 0 Å². The zero-order valence-corrected chi connectivity index (χ0v) is 14.7. The summed E-state index contributed by atoms with van der Waals surface area (Å²) >= 11 is 3.73. The molecule has 1 aromatic carbocycles. The second-order valence-electron chi connectivity index (χ2n) is 5.98. The van der Waals surface area contributed by atoms with Gasteiger partial charge in [-0.25, -0.2) is 0 Å². The molecule has 0 fully saturated rings. The molecule has 1 aliphatic carbocycles. The predicted octanol–water partition coefficient (Wildman–Crippen LogP) is 4.42. The van der Waals surface area contributed by atoms with Gasteiger partial charge in [0.1, 0.15) is 0 Å². The number of nitrogens with one attached hydrogen (secondary N) is 1. The first-order chi connectivity index (χ1) is 10.2. The number of benzene rings is 1. The van der Waals surface area contributed by atoms with Crippen molar-refractivity contribution in [3.05, 3.63) is 35.4 Å². The average molecular weight is 352 g/mol. The summed E-state index contributed by atoms with van der Waals surface area (Å²) in [5.74, 6) is 0.859. The van der Waals surface area contributed by atoms with Gasteiger partial charge in [-0.05, 0) is 36.3 Å². The number of hydrogen-bond acceptors (Lipinski definition) is 1. The van der Waals surface area contributed by atoms with Crippen LogP contribution in [-0.4, -0.2) is 17.3 Å². The highest BCUT2D eigenvalue weighted by Gasteiger charge is 2.26. The second kappa shape index (κ2) is 7.98. The molecule has 1 aliphatic rings. The Kier molecular flexibility index (Phi) is 6.28. The largest absolute Gasteiger partial charge is 0.354 e. The van der Waals surface area contributed by atoms with Gasteiger partial charge in [-0.3, -0.25) is 4.79 Å². The summed E-state index contributed by atoms with van der Waals surface area (Å²) < 4.78 is 0. The number of carbonyl (C=O) groups is 1. The van der Waals surface area contributed by atoms with Gasteiger partial charge >= 0.3 is 0 Å². The van der Waals surface area contributed by atoms with E-state index in [2.05, 4.69) is 53.3 Å². The third-order valence-electron chi connectivity index (χ3n) is 4.72. The number of halogens is 1. The normalized spacial score (nSPS) is 19.1. The van der Waals surface area contributed by atoms with Crippen molar-refractivity contribution in [3.63, 3.8) is 0 Å². The van der Waals surface area contributed by atoms with Crippen LogP contribution in [0.5, 0.6) is 0 Å². The molecule has 0 saturated heterocycles. The van der Waals surface area contributed by atoms with Gasteiger partial charge in [-0.15, -0.1) is 0 Å². The Balaban J connectivity index is 1.96. The van der Waals surface area contributed by atoms with Crippen LogP contribution >= 0.6 is 15.9 Å². The monoisotopic (exact) mass is 351 g/mol. The van der Waals surface area contributed by atoms with E-state index in [9.17, 15) is 4.79 Å². The highest BCUT2D eigenvalue weighted by Crippen LogP contribution is 2.31. The summed E-state index contributed by atoms with van der Waals surface area (Å²) in [6.07, 6.45) is 5.48. The van der Waals surface area contributed by atoms with Crippen LogP contribution in [-0.2, 0) is 11.2 Å². The minimum absolute atomic E-state index is 0.0383. The summed E-state index contributed by atoms with van der Waals surface area (Å²) in [6.45, 7) is 5.15. The first-order valence-electron chi connectivity index (χ1n) is 8.16. The summed E-state index contributed by atoms with van der Waals surface area (Å²) in [5, 5.41) is 3.16. The third-order valence-corrected chi connectivity index (χ3v) is 5.79. The van der Waals surface area contributed by atoms with Crippen molar-refractivity contribution in [2.75, 3.05) is 6.54 Å². The molecule has 2 unspecified atom stereocenters. The van der Waals surface area contributed by atoms with Crippen LogP contribution in [0.3, 0.4) is 0 Å². The van der Waals surface area contributed by atoms with Crippen molar-refractivity contribution in [1.29, 1.82) is 0 Å². The van der Waals surface area contributed by atoms with Crippen molar-refractivity contribution < 1.29 is 4.79 Å². The molecule has 2 rings (SSSR count). The third kappa shape index (κ3) is 4.09. The summed E-state index contributed by atoms with van der Waals surface area (Å²) in [5.41, 5.74) is 2.58. The van der Waals surface area contributed by atoms with Crippen LogP contribution in [0, 0.1) is 5.92 Å². The molecule has 21 heavy (non-hydrogen) atoms. The average Bonchev–Trinajstić information content (AvgIpc) is 2.53. The smallest absolute Gasteiger partial charge is 0.227 e. The lowest BCUT2D eigenvalue weighted by atomic mass is 9.82. The minimum atomic E-state index is 0.0383. The maximum absolute atomic E-state index is 12.5. The second-order valence-corrected chi connectivity index (χ2v) is 7.16. The summed E-state index contributed by atoms with van der Waals surface area (Å²) in [7, 11) is 0. The van der Waals surface area contributed by atoms with Crippen molar-refractivity contribution in [2.45, 2.75) is 56.7 Å². The number of aryl methyl sites for hydroxylation is 1. The van der Waals surface area contributed by atoms with Crippen LogP contribution in [0.25, 0.3) is 0 Å². The molecular weight excluding hydrogens is 326 g/mol. The SMILES string of the molecule is CCC(CC)C(Br)CNC(=O)C1CCCc2ccccc21. The van der Waals surface area contributed by atoms with Crippen molar-refractivity contribution in [3.8, 4) is 0 Å². The number of carbonyl (C=O) groups excluding carboxylic acids is 1. The standard InChI is InChI=1S/C18H26BrNO/c1-3-13(4-2)17(19)12-20-18(21)16-11-7-9-14-8-5-6-10-15(14)16/h5-6,8,10,13,16-17H,3-4,7,9,11-12H2,1-2H3,(H,20,21). The van der Waals surface area contributed by atoms with Crippen molar-refractivity contribution in [2.24, 2.45) is 5.92 Å². The fourth-order valence-electron chi connectivity index (χ4n) is 3.31. The molecule has 0 saturated carbocycles. The molecule has 1 amide bonds. The molecule has 0 aliphatic heterocycles. The lowest BCUT2D eigenvalue weighted by molar-refractivity contribution is -0.122. The molecule has 1 N–H and O–H groups in total. The Morgan fingerprint density at radius 3 is 2.76 bits per heavy atom. The molecule has 2 atom stereocenters. The number of rotatable bonds is 6. The first kappa shape index (κ1) is 16.5. The fraction of sp³-hybridized carbons (Fsp3) is 0.611. The number of fused-ring (bicyclic) bond motifs is 1. The Morgan fingerprint density at radius 2 is 2.05 bits per heavy atom. The zero-order valence-electron chi connectivity index (χ0n) is 13.1. The van der Waals surface area contributed by atoms with Gasteiger partial charge in [0.05, 0.1) is 5.92 Å². The topological polar surface area (TPSA) is 29.1 Å². The van der Waals surface area contributed by atoms with E-state index < -0.39 is 0 Å². The molecule has 0 bridgehead atoms. The van der Waals surface area contributed by atoms with Gasteiger partial charge in [0.25, 0.3) is 0 Å². The molecule has 3 heteroatoms. The Bertz CT molecular complexity index is 470. The van der Waals surface area contributed by atoms with E-state index in [0.29, 0.717) is 10.7 Å². The number of amides is 1. The van der Waals surface area contributed by atoms with Gasteiger partial charge in [-0.2, -0.15) is 0 Å². The van der Waals surface area contributed by atoms with E-state index in [0.717, 1.165) is 38.6 Å². The van der Waals surface area contributed by atoms with E-state index in [1.54, 1.807) is 0 Å². The van der Waals surface area contributed by atoms with E-state index >= 15 is 0 Å². The molecule has 0 aromatic heterocycles. The minimum Gasteiger partial charge on any atom is -0.354 e. The zero-order chi connectivity index (χ0) is 15.2. The van der Waals surface area contributed by atoms with E-state index in [4.69, 9.17) is 0 Å². The lowest BCUT2D eigenvalue weighted by Gasteiger charge is -2.26. The van der Waals surface area contributed by atoms with Crippen LogP contribution in [0.2, 0.25) is 0 Å². The van der Waals surface area contributed by atoms with Crippen molar-refractivity contribution in [1.82, 2.24) is 5.32 Å². The Labute approximate surface area is 136 Å². The predicted molar refractivity (Wildman–Crippen MR) is 91.9 cm³/mol. The molecular formula is C18H26BrNO. The van der Waals surface area contributed by atoms with E-state index in [-0.39, 0.29) is 11.8 Å². The summed E-state index contributed by atoms with van der Waals surface area (Å²) in [6, 6.07) is 8.39. The molecule has 2 nitrogen and oxygen atoms in total. The molecule has 116 valence electrons. The van der Waals surface area contributed by atoms with Crippen LogP contribution in [0.1, 0.15) is 56.6 Å². The Morgan fingerprint density at radius 1 is 1.33 bits per heavy atom. The molecule has 0 radical (unpaired) electrons. The molecule has 1 aromatic rings. The quantitative estimate of drug-likeness (QED) is 0.755. The van der Waals surface area contributed by atoms with Crippen molar-refractivity contribution >= 4 is 21.8 Å². The van der Waals surface area contributed by atoms with E-state index in [1.165, 1.54) is 11.1 Å². The number of alkyl halides is 1. The molecule has 0 heterocycles. The van der Waals surface area contributed by atoms with Gasteiger partial charge in [0.2, 0.25) is 5.91 Å². The van der Waals surface area contributed by atoms with Crippen LogP contribution in [0.4, 0.5) is 0 Å². The lowest BCUT2D eigenvalue weighted by Crippen LogP contribution is -2.37. The van der Waals surface area contributed by atoms with Gasteiger partial charge in [0, 0.05) is 11.4 Å². The first-order valence-corrected chi connectivity index (χ1v) is 9.08. The highest BCUT2D eigenvalue weighted by atomic mass is 79.9. The fourth-order valence-corrected chi connectivity index (χ4v) is 4.22.